The number of nitrogens with zero attached hydrogens (tertiary/aromatic N) is 2. The van der Waals surface area contributed by atoms with Crippen LogP contribution in [0.15, 0.2) is 53.3 Å². The highest BCUT2D eigenvalue weighted by atomic mass is 16.5. The zero-order valence-electron chi connectivity index (χ0n) is 17.3. The molecule has 0 saturated carbocycles. The summed E-state index contributed by atoms with van der Waals surface area (Å²) < 4.78 is 17.0. The van der Waals surface area contributed by atoms with E-state index in [4.69, 9.17) is 14.2 Å². The Balaban J connectivity index is 1.47. The summed E-state index contributed by atoms with van der Waals surface area (Å²) in [7, 11) is 1.45. The van der Waals surface area contributed by atoms with E-state index in [1.165, 1.54) is 7.05 Å². The van der Waals surface area contributed by atoms with Crippen LogP contribution in [-0.2, 0) is 16.6 Å². The number of esters is 1. The molecule has 3 aromatic rings. The van der Waals surface area contributed by atoms with Gasteiger partial charge in [0.05, 0.1) is 18.5 Å². The van der Waals surface area contributed by atoms with Gasteiger partial charge in [-0.25, -0.2) is 9.48 Å². The van der Waals surface area contributed by atoms with Crippen LogP contribution in [0.5, 0.6) is 11.5 Å². The van der Waals surface area contributed by atoms with Crippen LogP contribution in [-0.4, -0.2) is 48.0 Å². The molecule has 0 atom stereocenters. The normalized spacial score (nSPS) is 10.5. The molecule has 0 fully saturated rings. The van der Waals surface area contributed by atoms with Crippen molar-refractivity contribution < 1.29 is 23.8 Å². The van der Waals surface area contributed by atoms with Gasteiger partial charge in [0, 0.05) is 12.4 Å². The molecule has 0 radical (unpaired) electrons. The SMILES string of the molecule is CCOc1ccc(OCCNC(=O)COC(=O)c2nn(C)c(=O)c3ccccc23)cc1. The molecule has 1 heterocycles. The third kappa shape index (κ3) is 5.59. The van der Waals surface area contributed by atoms with Gasteiger partial charge in [-0.3, -0.25) is 9.59 Å². The fraction of sp³-hybridized carbons (Fsp3) is 0.273. The standard InChI is InChI=1S/C22H23N3O6/c1-3-29-15-8-10-16(11-9-15)30-13-12-23-19(26)14-31-22(28)20-17-6-4-5-7-18(17)21(27)25(2)24-20/h4-11H,3,12-14H2,1-2H3,(H,23,26). The summed E-state index contributed by atoms with van der Waals surface area (Å²) >= 11 is 0. The van der Waals surface area contributed by atoms with Crippen molar-refractivity contribution >= 4 is 22.6 Å². The first-order chi connectivity index (χ1) is 15.0. The maximum absolute atomic E-state index is 12.4. The van der Waals surface area contributed by atoms with Gasteiger partial charge in [0.25, 0.3) is 11.5 Å². The average Bonchev–Trinajstić information content (AvgIpc) is 2.79. The molecule has 0 aliphatic heterocycles. The maximum Gasteiger partial charge on any atom is 0.359 e. The summed E-state index contributed by atoms with van der Waals surface area (Å²) in [5.41, 5.74) is -0.346. The van der Waals surface area contributed by atoms with Gasteiger partial charge in [-0.2, -0.15) is 5.10 Å². The zero-order valence-corrected chi connectivity index (χ0v) is 17.3. The van der Waals surface area contributed by atoms with E-state index in [1.54, 1.807) is 48.5 Å². The Hall–Kier alpha value is -3.88. The van der Waals surface area contributed by atoms with Crippen molar-refractivity contribution in [3.05, 3.63) is 64.6 Å². The lowest BCUT2D eigenvalue weighted by Crippen LogP contribution is -2.32. The fourth-order valence-corrected chi connectivity index (χ4v) is 2.86. The predicted molar refractivity (Wildman–Crippen MR) is 113 cm³/mol. The van der Waals surface area contributed by atoms with Gasteiger partial charge in [0.1, 0.15) is 18.1 Å². The number of rotatable bonds is 9. The van der Waals surface area contributed by atoms with Gasteiger partial charge in [0.2, 0.25) is 0 Å². The molecule has 1 amide bonds. The Kier molecular flexibility index (Phi) is 7.21. The van der Waals surface area contributed by atoms with E-state index < -0.39 is 18.5 Å². The second-order valence-electron chi connectivity index (χ2n) is 6.50. The van der Waals surface area contributed by atoms with Gasteiger partial charge < -0.3 is 19.5 Å². The van der Waals surface area contributed by atoms with E-state index in [2.05, 4.69) is 10.4 Å². The van der Waals surface area contributed by atoms with Gasteiger partial charge >= 0.3 is 5.97 Å². The molecule has 9 heteroatoms. The van der Waals surface area contributed by atoms with Crippen LogP contribution in [0, 0.1) is 0 Å². The lowest BCUT2D eigenvalue weighted by Gasteiger charge is -2.10. The molecule has 0 aliphatic rings. The Bertz CT molecular complexity index is 1120. The van der Waals surface area contributed by atoms with Gasteiger partial charge in [-0.1, -0.05) is 18.2 Å². The van der Waals surface area contributed by atoms with Crippen LogP contribution in [0.4, 0.5) is 0 Å². The summed E-state index contributed by atoms with van der Waals surface area (Å²) in [5.74, 6) is 0.146. The van der Waals surface area contributed by atoms with Crippen LogP contribution in [0.2, 0.25) is 0 Å². The highest BCUT2D eigenvalue weighted by Crippen LogP contribution is 2.17. The largest absolute Gasteiger partial charge is 0.494 e. The number of fused-ring (bicyclic) bond motifs is 1. The molecule has 0 spiro atoms. The quantitative estimate of drug-likeness (QED) is 0.410. The second-order valence-corrected chi connectivity index (χ2v) is 6.50. The number of aromatic nitrogens is 2. The van der Waals surface area contributed by atoms with Gasteiger partial charge in [-0.15, -0.1) is 0 Å². The Morgan fingerprint density at radius 1 is 1.00 bits per heavy atom. The van der Waals surface area contributed by atoms with Gasteiger partial charge in [-0.05, 0) is 37.3 Å². The first kappa shape index (κ1) is 21.8. The van der Waals surface area contributed by atoms with Crippen LogP contribution < -0.4 is 20.3 Å². The number of hydrogen-bond acceptors (Lipinski definition) is 7. The fourth-order valence-electron chi connectivity index (χ4n) is 2.86. The maximum atomic E-state index is 12.4. The predicted octanol–water partition coefficient (Wildman–Crippen LogP) is 1.68. The number of nitrogens with one attached hydrogen (secondary N) is 1. The molecule has 31 heavy (non-hydrogen) atoms. The van der Waals surface area contributed by atoms with Crippen LogP contribution >= 0.6 is 0 Å². The minimum absolute atomic E-state index is 0.0238. The summed E-state index contributed by atoms with van der Waals surface area (Å²) in [5, 5.41) is 7.31. The first-order valence-electron chi connectivity index (χ1n) is 9.75. The molecule has 162 valence electrons. The zero-order chi connectivity index (χ0) is 22.2. The first-order valence-corrected chi connectivity index (χ1v) is 9.75. The van der Waals surface area contributed by atoms with Crippen molar-refractivity contribution in [2.24, 2.45) is 7.05 Å². The third-order valence-electron chi connectivity index (χ3n) is 4.31. The number of hydrogen-bond donors (Lipinski definition) is 1. The van der Waals surface area contributed by atoms with E-state index in [9.17, 15) is 14.4 Å². The molecule has 2 aromatic carbocycles. The third-order valence-corrected chi connectivity index (χ3v) is 4.31. The van der Waals surface area contributed by atoms with Crippen molar-refractivity contribution in [2.45, 2.75) is 6.92 Å². The summed E-state index contributed by atoms with van der Waals surface area (Å²) in [6.45, 7) is 2.52. The molecular formula is C22H23N3O6. The molecule has 3 rings (SSSR count). The minimum Gasteiger partial charge on any atom is -0.494 e. The lowest BCUT2D eigenvalue weighted by atomic mass is 10.1. The molecule has 9 nitrogen and oxygen atoms in total. The molecule has 0 unspecified atom stereocenters. The van der Waals surface area contributed by atoms with Crippen molar-refractivity contribution in [3.8, 4) is 11.5 Å². The van der Waals surface area contributed by atoms with Crippen molar-refractivity contribution in [1.29, 1.82) is 0 Å². The highest BCUT2D eigenvalue weighted by Gasteiger charge is 2.18. The van der Waals surface area contributed by atoms with Crippen molar-refractivity contribution in [2.75, 3.05) is 26.4 Å². The Morgan fingerprint density at radius 2 is 1.65 bits per heavy atom. The minimum atomic E-state index is -0.785. The molecule has 0 bridgehead atoms. The van der Waals surface area contributed by atoms with Gasteiger partial charge in [0.15, 0.2) is 12.3 Å². The Morgan fingerprint density at radius 3 is 2.32 bits per heavy atom. The lowest BCUT2D eigenvalue weighted by molar-refractivity contribution is -0.124. The summed E-state index contributed by atoms with van der Waals surface area (Å²) in [6.07, 6.45) is 0. The van der Waals surface area contributed by atoms with Crippen molar-refractivity contribution in [1.82, 2.24) is 15.1 Å². The molecule has 0 aliphatic carbocycles. The Labute approximate surface area is 178 Å². The van der Waals surface area contributed by atoms with Crippen LogP contribution in [0.3, 0.4) is 0 Å². The number of benzene rings is 2. The molecule has 1 aromatic heterocycles. The molecule has 0 saturated heterocycles. The average molecular weight is 425 g/mol. The van der Waals surface area contributed by atoms with E-state index in [0.29, 0.717) is 23.1 Å². The summed E-state index contributed by atoms with van der Waals surface area (Å²) in [4.78, 5) is 36.5. The monoisotopic (exact) mass is 425 g/mol. The summed E-state index contributed by atoms with van der Waals surface area (Å²) in [6, 6.07) is 13.8. The molecular weight excluding hydrogens is 402 g/mol. The number of carbonyl (C=O) groups excluding carboxylic acids is 2. The van der Waals surface area contributed by atoms with Crippen molar-refractivity contribution in [3.63, 3.8) is 0 Å². The topological polar surface area (TPSA) is 109 Å². The smallest absolute Gasteiger partial charge is 0.359 e. The van der Waals surface area contributed by atoms with Crippen LogP contribution in [0.25, 0.3) is 10.8 Å². The van der Waals surface area contributed by atoms with E-state index in [1.807, 2.05) is 6.92 Å². The number of amides is 1. The van der Waals surface area contributed by atoms with E-state index in [0.717, 1.165) is 10.4 Å². The second kappa shape index (κ2) is 10.2. The van der Waals surface area contributed by atoms with Crippen LogP contribution in [0.1, 0.15) is 17.4 Å². The van der Waals surface area contributed by atoms with E-state index in [-0.39, 0.29) is 24.4 Å². The molecule has 1 N–H and O–H groups in total. The highest BCUT2D eigenvalue weighted by molar-refractivity contribution is 6.02. The number of aryl methyl sites for hydroxylation is 1. The number of carbonyl (C=O) groups is 2. The van der Waals surface area contributed by atoms with E-state index >= 15 is 0 Å². The number of ether oxygens (including phenoxy) is 3.